The Balaban J connectivity index is 2.19. The number of rotatable bonds is 4. The molecule has 1 saturated heterocycles. The van der Waals surface area contributed by atoms with E-state index in [1.807, 2.05) is 0 Å². The summed E-state index contributed by atoms with van der Waals surface area (Å²) in [5.41, 5.74) is 0.302. The van der Waals surface area contributed by atoms with Gasteiger partial charge in [0.2, 0.25) is 0 Å². The molecule has 0 aromatic carbocycles. The molecule has 0 saturated carbocycles. The molecule has 0 aliphatic carbocycles. The predicted octanol–water partition coefficient (Wildman–Crippen LogP) is 2.92. The summed E-state index contributed by atoms with van der Waals surface area (Å²) in [5, 5.41) is 0. The zero-order valence-electron chi connectivity index (χ0n) is 11.0. The second kappa shape index (κ2) is 5.31. The molecule has 0 amide bonds. The van der Waals surface area contributed by atoms with Crippen molar-refractivity contribution in [2.24, 2.45) is 5.92 Å². The smallest absolute Gasteiger partial charge is 0.0714 e. The van der Waals surface area contributed by atoms with Crippen LogP contribution in [0.25, 0.3) is 0 Å². The average molecular weight is 213 g/mol. The topological polar surface area (TPSA) is 12.5 Å². The van der Waals surface area contributed by atoms with E-state index in [0.29, 0.717) is 11.6 Å². The van der Waals surface area contributed by atoms with Crippen molar-refractivity contribution in [1.29, 1.82) is 0 Å². The van der Waals surface area contributed by atoms with Gasteiger partial charge in [-0.15, -0.1) is 0 Å². The highest BCUT2D eigenvalue weighted by Crippen LogP contribution is 2.22. The molecule has 1 aliphatic heterocycles. The SMILES string of the molecule is CC(C)CCOC1CCN(C(C)(C)C)C1. The van der Waals surface area contributed by atoms with E-state index in [1.165, 1.54) is 19.4 Å². The maximum Gasteiger partial charge on any atom is 0.0714 e. The summed E-state index contributed by atoms with van der Waals surface area (Å²) in [5.74, 6) is 0.755. The Morgan fingerprint density at radius 1 is 1.33 bits per heavy atom. The van der Waals surface area contributed by atoms with Crippen LogP contribution in [-0.4, -0.2) is 36.2 Å². The molecule has 1 fully saturated rings. The van der Waals surface area contributed by atoms with E-state index in [9.17, 15) is 0 Å². The third-order valence-electron chi connectivity index (χ3n) is 3.14. The molecule has 0 N–H and O–H groups in total. The van der Waals surface area contributed by atoms with Crippen molar-refractivity contribution in [3.63, 3.8) is 0 Å². The molecule has 1 aliphatic rings. The molecule has 2 nitrogen and oxygen atoms in total. The van der Waals surface area contributed by atoms with E-state index in [1.54, 1.807) is 0 Å². The second-order valence-electron chi connectivity index (χ2n) is 6.08. The Morgan fingerprint density at radius 2 is 2.00 bits per heavy atom. The Kier molecular flexibility index (Phi) is 4.60. The first-order chi connectivity index (χ1) is 6.89. The van der Waals surface area contributed by atoms with Crippen LogP contribution in [0.4, 0.5) is 0 Å². The van der Waals surface area contributed by atoms with Gasteiger partial charge in [0.1, 0.15) is 0 Å². The molecule has 0 spiro atoms. The molecule has 1 heterocycles. The summed E-state index contributed by atoms with van der Waals surface area (Å²) >= 11 is 0. The molecule has 0 bridgehead atoms. The van der Waals surface area contributed by atoms with E-state index in [0.717, 1.165) is 19.1 Å². The van der Waals surface area contributed by atoms with Gasteiger partial charge in [0.25, 0.3) is 0 Å². The summed E-state index contributed by atoms with van der Waals surface area (Å²) < 4.78 is 5.90. The lowest BCUT2D eigenvalue weighted by molar-refractivity contribution is 0.0433. The van der Waals surface area contributed by atoms with Crippen molar-refractivity contribution in [3.8, 4) is 0 Å². The van der Waals surface area contributed by atoms with Gasteiger partial charge in [-0.05, 0) is 39.5 Å². The number of nitrogens with zero attached hydrogens (tertiary/aromatic N) is 1. The number of ether oxygens (including phenoxy) is 1. The van der Waals surface area contributed by atoms with Crippen LogP contribution in [-0.2, 0) is 4.74 Å². The summed E-state index contributed by atoms with van der Waals surface area (Å²) in [4.78, 5) is 2.52. The molecular weight excluding hydrogens is 186 g/mol. The molecule has 1 unspecified atom stereocenters. The Morgan fingerprint density at radius 3 is 2.47 bits per heavy atom. The van der Waals surface area contributed by atoms with Crippen molar-refractivity contribution in [2.75, 3.05) is 19.7 Å². The van der Waals surface area contributed by atoms with Crippen molar-refractivity contribution < 1.29 is 4.74 Å². The van der Waals surface area contributed by atoms with Gasteiger partial charge in [-0.1, -0.05) is 13.8 Å². The molecule has 2 heteroatoms. The van der Waals surface area contributed by atoms with E-state index in [2.05, 4.69) is 39.5 Å². The largest absolute Gasteiger partial charge is 0.377 e. The molecule has 0 aromatic rings. The number of hydrogen-bond donors (Lipinski definition) is 0. The first-order valence-electron chi connectivity index (χ1n) is 6.26. The van der Waals surface area contributed by atoms with Crippen LogP contribution in [0.1, 0.15) is 47.5 Å². The Bertz CT molecular complexity index is 183. The predicted molar refractivity (Wildman–Crippen MR) is 65.1 cm³/mol. The number of likely N-dealkylation sites (tertiary alicyclic amines) is 1. The van der Waals surface area contributed by atoms with E-state index >= 15 is 0 Å². The first-order valence-corrected chi connectivity index (χ1v) is 6.26. The van der Waals surface area contributed by atoms with Crippen LogP contribution in [0.5, 0.6) is 0 Å². The third-order valence-corrected chi connectivity index (χ3v) is 3.14. The van der Waals surface area contributed by atoms with E-state index in [-0.39, 0.29) is 0 Å². The van der Waals surface area contributed by atoms with Gasteiger partial charge in [0.15, 0.2) is 0 Å². The van der Waals surface area contributed by atoms with Crippen LogP contribution in [0, 0.1) is 5.92 Å². The normalized spacial score (nSPS) is 24.0. The summed E-state index contributed by atoms with van der Waals surface area (Å²) in [6, 6.07) is 0. The summed E-state index contributed by atoms with van der Waals surface area (Å²) in [6.45, 7) is 14.6. The maximum absolute atomic E-state index is 5.90. The highest BCUT2D eigenvalue weighted by atomic mass is 16.5. The van der Waals surface area contributed by atoms with E-state index < -0.39 is 0 Å². The molecular formula is C13H27NO. The Hall–Kier alpha value is -0.0800. The molecule has 15 heavy (non-hydrogen) atoms. The zero-order valence-corrected chi connectivity index (χ0v) is 11.0. The van der Waals surface area contributed by atoms with Gasteiger partial charge in [-0.25, -0.2) is 0 Å². The molecule has 1 atom stereocenters. The van der Waals surface area contributed by atoms with Crippen molar-refractivity contribution in [1.82, 2.24) is 4.90 Å². The van der Waals surface area contributed by atoms with Gasteiger partial charge < -0.3 is 4.74 Å². The second-order valence-corrected chi connectivity index (χ2v) is 6.08. The van der Waals surface area contributed by atoms with Crippen LogP contribution in [0.2, 0.25) is 0 Å². The van der Waals surface area contributed by atoms with Gasteiger partial charge in [-0.2, -0.15) is 0 Å². The lowest BCUT2D eigenvalue weighted by Gasteiger charge is -2.31. The van der Waals surface area contributed by atoms with Crippen molar-refractivity contribution in [3.05, 3.63) is 0 Å². The minimum absolute atomic E-state index is 0.302. The monoisotopic (exact) mass is 213 g/mol. The van der Waals surface area contributed by atoms with Crippen molar-refractivity contribution in [2.45, 2.75) is 59.1 Å². The average Bonchev–Trinajstić information content (AvgIpc) is 2.51. The fourth-order valence-corrected chi connectivity index (χ4v) is 1.94. The quantitative estimate of drug-likeness (QED) is 0.712. The molecule has 90 valence electrons. The van der Waals surface area contributed by atoms with Crippen LogP contribution < -0.4 is 0 Å². The maximum atomic E-state index is 5.90. The van der Waals surface area contributed by atoms with E-state index in [4.69, 9.17) is 4.74 Å². The van der Waals surface area contributed by atoms with Crippen LogP contribution in [0.3, 0.4) is 0 Å². The fourth-order valence-electron chi connectivity index (χ4n) is 1.94. The minimum atomic E-state index is 0.302. The number of hydrogen-bond acceptors (Lipinski definition) is 2. The highest BCUT2D eigenvalue weighted by molar-refractivity contribution is 4.85. The van der Waals surface area contributed by atoms with Crippen LogP contribution >= 0.6 is 0 Å². The van der Waals surface area contributed by atoms with Crippen LogP contribution in [0.15, 0.2) is 0 Å². The molecule has 0 aromatic heterocycles. The van der Waals surface area contributed by atoms with Gasteiger partial charge >= 0.3 is 0 Å². The van der Waals surface area contributed by atoms with Gasteiger partial charge in [0.05, 0.1) is 6.10 Å². The first kappa shape index (κ1) is 13.0. The summed E-state index contributed by atoms with van der Waals surface area (Å²) in [6.07, 6.45) is 2.87. The standard InChI is InChI=1S/C13H27NO/c1-11(2)7-9-15-12-6-8-14(10-12)13(3,4)5/h11-12H,6-10H2,1-5H3. The molecule has 1 rings (SSSR count). The third kappa shape index (κ3) is 4.52. The van der Waals surface area contributed by atoms with Gasteiger partial charge in [0, 0.05) is 25.2 Å². The van der Waals surface area contributed by atoms with Crippen molar-refractivity contribution >= 4 is 0 Å². The molecule has 0 radical (unpaired) electrons. The Labute approximate surface area is 95.0 Å². The highest BCUT2D eigenvalue weighted by Gasteiger charge is 2.30. The fraction of sp³-hybridized carbons (Fsp3) is 1.00. The lowest BCUT2D eigenvalue weighted by atomic mass is 10.1. The lowest BCUT2D eigenvalue weighted by Crippen LogP contribution is -2.40. The minimum Gasteiger partial charge on any atom is -0.377 e. The summed E-state index contributed by atoms with van der Waals surface area (Å²) in [7, 11) is 0. The zero-order chi connectivity index (χ0) is 11.5. The van der Waals surface area contributed by atoms with Gasteiger partial charge in [-0.3, -0.25) is 4.90 Å².